The molecule has 16 rings (SSSR count). The highest BCUT2D eigenvalue weighted by molar-refractivity contribution is 6.01. The summed E-state index contributed by atoms with van der Waals surface area (Å²) in [6, 6.07) is 12.8. The van der Waals surface area contributed by atoms with Gasteiger partial charge in [0.25, 0.3) is 0 Å². The first-order valence-electron chi connectivity index (χ1n) is 41.1. The zero-order valence-corrected chi connectivity index (χ0v) is 72.0. The first-order valence-corrected chi connectivity index (χ1v) is 41.1. The predicted molar refractivity (Wildman–Crippen MR) is 459 cm³/mol. The number of Topliss-reactive ketones (excluding diaryl/α,β-unsaturated/α-hetero) is 1. The summed E-state index contributed by atoms with van der Waals surface area (Å²) in [6.07, 6.45) is -11.9. The summed E-state index contributed by atoms with van der Waals surface area (Å²) >= 11 is 0. The van der Waals surface area contributed by atoms with Crippen LogP contribution in [-0.4, -0.2) is 266 Å². The Bertz CT molecular complexity index is 7130. The highest BCUT2D eigenvalue weighted by Crippen LogP contribution is 2.63. The molecule has 5 aliphatic rings. The van der Waals surface area contributed by atoms with Crippen LogP contribution in [0.25, 0.3) is 0 Å². The molecule has 1 spiro atoms. The molecule has 742 valence electrons. The van der Waals surface area contributed by atoms with Crippen LogP contribution in [-0.2, 0) is 45.1 Å². The van der Waals surface area contributed by atoms with Crippen LogP contribution >= 0.6 is 0 Å². The van der Waals surface area contributed by atoms with Gasteiger partial charge in [0, 0.05) is 23.4 Å². The standard InChI is InChI=1S/C76H52O46.C17H19NO3/c77-32-1-22(2-33(78)53(32)92)67(103)113-47-16-27(11-42(87)58(47)97)66(102)112-21-52-63(119-72(108)28-12-43(88)59(98)48(17-28)114-68(104)23-3-34(79)54(93)35(80)4-23)64(120-73(109)29-13-44(89)60(99)49(18-29)115-69(105)24-5-36(81)55(94)37(82)6-24)65(121-74(110)30-14-45(90)61(100)50(19-30)116-70(106)25-7-38(83)56(95)39(84)8-25)76(118-52)122-75(111)31-15-46(91)62(101)51(20-31)117-71(107)26-9-40(85)57(96)41(86)10-26;1-18-7-6-17-10-3-5-13(20)16(17)21-15-12(19)4-2-9(14(15)17)8-11(10)18/h1-20,52,63-65,76-101H,21H2;2,4,10-11,16,19H,3,5-8H2,1H3/t52-,63-,64+,65-,76+;10-,11+,16-,17-/m10/s1. The smallest absolute Gasteiger partial charge is 0.343 e. The topological polar surface area (TPSA) is 828 Å². The molecule has 50 heteroatoms. The molecule has 0 amide bonds. The maximum atomic E-state index is 15.3. The minimum absolute atomic E-state index is 0.172. The minimum Gasteiger partial charge on any atom is -0.504 e. The van der Waals surface area contributed by atoms with Crippen LogP contribution in [0.4, 0.5) is 0 Å². The number of likely N-dealkylation sites (N-methyl/N-ethyl adjacent to an activating group) is 1. The van der Waals surface area contributed by atoms with E-state index < -0.39 is 325 Å². The third-order valence-electron chi connectivity index (χ3n) is 23.3. The van der Waals surface area contributed by atoms with Crippen LogP contribution in [0.1, 0.15) is 134 Å². The Balaban J connectivity index is 0.000000637. The van der Waals surface area contributed by atoms with Crippen molar-refractivity contribution in [1.82, 2.24) is 4.90 Å². The summed E-state index contributed by atoms with van der Waals surface area (Å²) in [5, 5.41) is 271. The van der Waals surface area contributed by atoms with Crippen molar-refractivity contribution in [1.29, 1.82) is 0 Å². The molecule has 0 aromatic heterocycles. The van der Waals surface area contributed by atoms with E-state index in [1.165, 1.54) is 5.56 Å². The van der Waals surface area contributed by atoms with Gasteiger partial charge in [-0.15, -0.1) is 0 Å². The molecule has 11 aromatic rings. The van der Waals surface area contributed by atoms with Crippen LogP contribution in [0.5, 0.6) is 184 Å². The van der Waals surface area contributed by atoms with Gasteiger partial charge in [-0.3, -0.25) is 4.79 Å². The molecule has 1 saturated carbocycles. The van der Waals surface area contributed by atoms with E-state index in [0.29, 0.717) is 145 Å². The van der Waals surface area contributed by atoms with Gasteiger partial charge in [0.05, 0.1) is 55.6 Å². The van der Waals surface area contributed by atoms with Crippen LogP contribution < -0.4 is 28.4 Å². The highest BCUT2D eigenvalue weighted by atomic mass is 16.8. The lowest BCUT2D eigenvalue weighted by molar-refractivity contribution is -0.282. The molecule has 143 heavy (non-hydrogen) atoms. The monoisotopic (exact) mass is 1990 g/mol. The Morgan fingerprint density at radius 2 is 0.601 bits per heavy atom. The Labute approximate surface area is 793 Å². The summed E-state index contributed by atoms with van der Waals surface area (Å²) < 4.78 is 66.5. The van der Waals surface area contributed by atoms with Crippen molar-refractivity contribution in [3.63, 3.8) is 0 Å². The second kappa shape index (κ2) is 37.8. The summed E-state index contributed by atoms with van der Waals surface area (Å²) in [7, 11) is 2.20. The van der Waals surface area contributed by atoms with Crippen molar-refractivity contribution in [3.8, 4) is 184 Å². The van der Waals surface area contributed by atoms with Gasteiger partial charge in [-0.1, -0.05) is 6.07 Å². The minimum atomic E-state index is -3.12. The van der Waals surface area contributed by atoms with E-state index in [-0.39, 0.29) is 23.1 Å². The lowest BCUT2D eigenvalue weighted by atomic mass is 9.52. The molecule has 3 fully saturated rings. The second-order valence-corrected chi connectivity index (χ2v) is 32.2. The van der Waals surface area contributed by atoms with Crippen LogP contribution in [0.3, 0.4) is 0 Å². The lowest BCUT2D eigenvalue weighted by Crippen LogP contribution is -2.65. The van der Waals surface area contributed by atoms with Gasteiger partial charge in [0.15, 0.2) is 179 Å². The van der Waals surface area contributed by atoms with Gasteiger partial charge < -0.3 is 195 Å². The van der Waals surface area contributed by atoms with Crippen LogP contribution in [0, 0.1) is 5.92 Å². The summed E-state index contributed by atoms with van der Waals surface area (Å²) in [6.45, 7) is -0.705. The van der Waals surface area contributed by atoms with Crippen molar-refractivity contribution in [2.24, 2.45) is 5.92 Å². The van der Waals surface area contributed by atoms with Crippen molar-refractivity contribution >= 4 is 65.5 Å². The number of phenols is 26. The number of ether oxygens (including phenoxy) is 12. The van der Waals surface area contributed by atoms with E-state index >= 15 is 14.4 Å². The van der Waals surface area contributed by atoms with Crippen molar-refractivity contribution in [2.75, 3.05) is 20.2 Å². The lowest BCUT2D eigenvalue weighted by Gasteiger charge is -2.57. The SMILES string of the molecule is CN1CC[C@]23c4c5ccc(O)c4O[C@H]2C(=O)CC[C@H]3[C@H]1C5.O=C(OC[C@H]1O[C@@H](OC(=O)c2cc(O)c(O)c(OC(=O)c3cc(O)c(O)c(O)c3)c2)[C@H](OC(=O)c2cc(O)c(O)c(OC(=O)c3cc(O)c(O)c(O)c3)c2)[C@@H](OC(=O)c2cc(O)c(O)c(OC(=O)c3cc(O)c(O)c(O)c3)c2)[C@@H]1OC(=O)c1cc(O)c(O)c(OC(=O)c2cc(O)c(O)c(O)c2)c1)c1cc(O)c(O)c(OC(=O)c2cc(O)c(O)c(O)c2)c1. The Kier molecular flexibility index (Phi) is 25.8. The molecule has 2 bridgehead atoms. The molecular formula is C93H71NO49. The number of rotatable bonds is 21. The number of nitrogens with zero attached hydrogens (tertiary/aromatic N) is 1. The molecule has 50 nitrogen and oxygen atoms in total. The summed E-state index contributed by atoms with van der Waals surface area (Å²) in [5.74, 6) is -54.5. The van der Waals surface area contributed by atoms with E-state index in [1.807, 2.05) is 6.07 Å². The van der Waals surface area contributed by atoms with E-state index in [0.717, 1.165) is 31.4 Å². The summed E-state index contributed by atoms with van der Waals surface area (Å²) in [4.78, 5) is 157. The molecule has 26 N–H and O–H groups in total. The Morgan fingerprint density at radius 3 is 0.916 bits per heavy atom. The van der Waals surface area contributed by atoms with Crippen molar-refractivity contribution in [2.45, 2.75) is 73.9 Å². The normalized spacial score (nSPS) is 18.3. The van der Waals surface area contributed by atoms with Gasteiger partial charge in [-0.25, -0.2) is 47.9 Å². The fourth-order valence-corrected chi connectivity index (χ4v) is 16.4. The van der Waals surface area contributed by atoms with E-state index in [2.05, 4.69) is 11.9 Å². The zero-order chi connectivity index (χ0) is 104. The third kappa shape index (κ3) is 18.7. The van der Waals surface area contributed by atoms with Gasteiger partial charge in [-0.05, 0) is 172 Å². The zero-order valence-electron chi connectivity index (χ0n) is 72.0. The summed E-state index contributed by atoms with van der Waals surface area (Å²) in [5.41, 5.74) is -7.63. The van der Waals surface area contributed by atoms with Crippen molar-refractivity contribution < 1.29 is 242 Å². The molecule has 0 radical (unpaired) electrons. The number of hydrogen-bond donors (Lipinski definition) is 26. The number of hydrogen-bond acceptors (Lipinski definition) is 50. The maximum absolute atomic E-state index is 15.3. The molecular weight excluding hydrogens is 1910 g/mol. The molecule has 9 atom stereocenters. The van der Waals surface area contributed by atoms with Gasteiger partial charge in [0.1, 0.15) is 12.7 Å². The van der Waals surface area contributed by atoms with Crippen LogP contribution in [0.2, 0.25) is 0 Å². The number of ketones is 1. The van der Waals surface area contributed by atoms with E-state index in [4.69, 9.17) is 56.8 Å². The first-order chi connectivity index (χ1) is 67.5. The number of aromatic hydroxyl groups is 26. The van der Waals surface area contributed by atoms with Crippen molar-refractivity contribution in [3.05, 3.63) is 200 Å². The van der Waals surface area contributed by atoms with E-state index in [9.17, 15) is 171 Å². The molecule has 2 aliphatic carbocycles. The van der Waals surface area contributed by atoms with Gasteiger partial charge >= 0.3 is 59.7 Å². The molecule has 2 saturated heterocycles. The quantitative estimate of drug-likeness (QED) is 0.0159. The first kappa shape index (κ1) is 97.8. The fraction of sp³-hybridized carbons (Fsp3) is 0.172. The number of piperidine rings is 1. The molecule has 0 unspecified atom stereocenters. The Hall–Kier alpha value is -19.7. The molecule has 11 aromatic carbocycles. The number of carbonyl (C=O) groups excluding carboxylic acids is 11. The number of esters is 10. The maximum Gasteiger partial charge on any atom is 0.343 e. The number of phenolic OH excluding ortho intramolecular Hbond substituents is 26. The average Bonchev–Trinajstić information content (AvgIpc) is 1.54. The Morgan fingerprint density at radius 1 is 0.329 bits per heavy atom. The van der Waals surface area contributed by atoms with Crippen LogP contribution in [0.15, 0.2) is 133 Å². The van der Waals surface area contributed by atoms with E-state index in [1.54, 1.807) is 6.07 Å². The third-order valence-corrected chi connectivity index (χ3v) is 23.3. The number of benzene rings is 11. The van der Waals surface area contributed by atoms with Gasteiger partial charge in [0.2, 0.25) is 41.1 Å². The largest absolute Gasteiger partial charge is 0.504 e. The molecule has 3 aliphatic heterocycles. The highest BCUT2D eigenvalue weighted by Gasteiger charge is 2.66. The van der Waals surface area contributed by atoms with Gasteiger partial charge in [-0.2, -0.15) is 0 Å². The second-order valence-electron chi connectivity index (χ2n) is 32.2. The predicted octanol–water partition coefficient (Wildman–Crippen LogP) is 6.47. The fourth-order valence-electron chi connectivity index (χ4n) is 16.4. The molecule has 3 heterocycles. The average molecular weight is 1990 g/mol. The number of carbonyl (C=O) groups is 11. The number of likely N-dealkylation sites (tertiary alicyclic amines) is 1.